The summed E-state index contributed by atoms with van der Waals surface area (Å²) >= 11 is 0. The van der Waals surface area contributed by atoms with Crippen LogP contribution >= 0.6 is 0 Å². The summed E-state index contributed by atoms with van der Waals surface area (Å²) in [4.78, 5) is 15.1. The first-order valence-electron chi connectivity index (χ1n) is 6.10. The minimum absolute atomic E-state index is 0.0201. The molecule has 4 heteroatoms. The Labute approximate surface area is 112 Å². The predicted molar refractivity (Wildman–Crippen MR) is 74.1 cm³/mol. The molecule has 0 atom stereocenters. The molecule has 19 heavy (non-hydrogen) atoms. The van der Waals surface area contributed by atoms with Crippen LogP contribution in [0, 0.1) is 6.92 Å². The Morgan fingerprint density at radius 1 is 1.32 bits per heavy atom. The van der Waals surface area contributed by atoms with E-state index in [-0.39, 0.29) is 6.42 Å². The second kappa shape index (κ2) is 6.00. The summed E-state index contributed by atoms with van der Waals surface area (Å²) in [6.45, 7) is 2.53. The molecule has 1 aromatic carbocycles. The van der Waals surface area contributed by atoms with Gasteiger partial charge < -0.3 is 10.4 Å². The van der Waals surface area contributed by atoms with Crippen LogP contribution in [-0.2, 0) is 17.8 Å². The highest BCUT2D eigenvalue weighted by Gasteiger charge is 2.07. The summed E-state index contributed by atoms with van der Waals surface area (Å²) in [5, 5.41) is 12.2. The summed E-state index contributed by atoms with van der Waals surface area (Å²) in [7, 11) is 0. The lowest BCUT2D eigenvalue weighted by Crippen LogP contribution is -2.07. The van der Waals surface area contributed by atoms with Gasteiger partial charge in [-0.25, -0.2) is 0 Å². The Balaban J connectivity index is 2.13. The van der Waals surface area contributed by atoms with Crippen LogP contribution in [0.2, 0.25) is 0 Å². The summed E-state index contributed by atoms with van der Waals surface area (Å²) in [6.07, 6.45) is 1.76. The van der Waals surface area contributed by atoms with Gasteiger partial charge in [0.2, 0.25) is 0 Å². The molecule has 0 fully saturated rings. The van der Waals surface area contributed by atoms with Crippen molar-refractivity contribution in [1.82, 2.24) is 4.98 Å². The Morgan fingerprint density at radius 3 is 2.84 bits per heavy atom. The van der Waals surface area contributed by atoms with Crippen molar-refractivity contribution < 1.29 is 9.90 Å². The van der Waals surface area contributed by atoms with Gasteiger partial charge in [-0.3, -0.25) is 9.78 Å². The van der Waals surface area contributed by atoms with Gasteiger partial charge in [-0.05, 0) is 30.7 Å². The molecular formula is C15H16N2O2. The number of carbonyl (C=O) groups is 1. The number of benzene rings is 1. The van der Waals surface area contributed by atoms with E-state index < -0.39 is 5.97 Å². The smallest absolute Gasteiger partial charge is 0.307 e. The largest absolute Gasteiger partial charge is 0.481 e. The zero-order valence-corrected chi connectivity index (χ0v) is 10.8. The minimum atomic E-state index is -0.827. The number of hydrogen-bond acceptors (Lipinski definition) is 3. The quantitative estimate of drug-likeness (QED) is 0.863. The molecule has 0 radical (unpaired) electrons. The Kier molecular flexibility index (Phi) is 4.13. The van der Waals surface area contributed by atoms with E-state index in [1.54, 1.807) is 6.20 Å². The summed E-state index contributed by atoms with van der Waals surface area (Å²) in [5.41, 5.74) is 3.62. The van der Waals surface area contributed by atoms with Gasteiger partial charge in [-0.2, -0.15) is 0 Å². The minimum Gasteiger partial charge on any atom is -0.481 e. The number of carboxylic acids is 1. The molecule has 0 aliphatic rings. The first-order valence-corrected chi connectivity index (χ1v) is 6.10. The van der Waals surface area contributed by atoms with E-state index in [2.05, 4.69) is 10.3 Å². The molecule has 2 N–H and O–H groups in total. The van der Waals surface area contributed by atoms with Crippen molar-refractivity contribution in [3.8, 4) is 0 Å². The normalized spacial score (nSPS) is 10.2. The van der Waals surface area contributed by atoms with Gasteiger partial charge >= 0.3 is 5.97 Å². The number of nitrogens with zero attached hydrogens (tertiary/aromatic N) is 1. The summed E-state index contributed by atoms with van der Waals surface area (Å²) in [5.74, 6) is -0.827. The molecule has 0 aliphatic carbocycles. The summed E-state index contributed by atoms with van der Waals surface area (Å²) in [6, 6.07) is 11.5. The molecule has 1 heterocycles. The van der Waals surface area contributed by atoms with E-state index in [0.29, 0.717) is 6.54 Å². The van der Waals surface area contributed by atoms with Crippen LogP contribution < -0.4 is 5.32 Å². The van der Waals surface area contributed by atoms with Gasteiger partial charge in [-0.15, -0.1) is 0 Å². The molecule has 0 spiro atoms. The van der Waals surface area contributed by atoms with Crippen molar-refractivity contribution in [3.63, 3.8) is 0 Å². The molecule has 0 bridgehead atoms. The fourth-order valence-electron chi connectivity index (χ4n) is 1.89. The maximum atomic E-state index is 10.9. The molecule has 98 valence electrons. The maximum Gasteiger partial charge on any atom is 0.307 e. The molecule has 4 nitrogen and oxygen atoms in total. The predicted octanol–water partition coefficient (Wildman–Crippen LogP) is 2.63. The van der Waals surface area contributed by atoms with Crippen molar-refractivity contribution in [2.45, 2.75) is 19.9 Å². The van der Waals surface area contributed by atoms with Crippen LogP contribution in [0.1, 0.15) is 16.8 Å². The lowest BCUT2D eigenvalue weighted by Gasteiger charge is -2.11. The van der Waals surface area contributed by atoms with Crippen LogP contribution in [0.15, 0.2) is 42.6 Å². The average molecular weight is 256 g/mol. The number of aromatic nitrogens is 1. The number of hydrogen-bond donors (Lipinski definition) is 2. The monoisotopic (exact) mass is 256 g/mol. The van der Waals surface area contributed by atoms with Crippen molar-refractivity contribution in [3.05, 3.63) is 59.4 Å². The molecule has 1 aromatic heterocycles. The number of pyridine rings is 1. The van der Waals surface area contributed by atoms with E-state index in [4.69, 9.17) is 5.11 Å². The van der Waals surface area contributed by atoms with E-state index in [9.17, 15) is 4.79 Å². The topological polar surface area (TPSA) is 62.2 Å². The Hall–Kier alpha value is -2.36. The SMILES string of the molecule is Cc1ccc(NCc2ccccn2)c(CC(=O)O)c1. The van der Waals surface area contributed by atoms with Crippen LogP contribution in [0.4, 0.5) is 5.69 Å². The van der Waals surface area contributed by atoms with Crippen LogP contribution in [-0.4, -0.2) is 16.1 Å². The first-order chi connectivity index (χ1) is 9.15. The number of carboxylic acid groups (broad SMARTS) is 1. The number of nitrogens with one attached hydrogen (secondary N) is 1. The van der Waals surface area contributed by atoms with E-state index in [1.807, 2.05) is 43.3 Å². The second-order valence-electron chi connectivity index (χ2n) is 4.41. The lowest BCUT2D eigenvalue weighted by atomic mass is 10.1. The standard InChI is InChI=1S/C15H16N2O2/c1-11-5-6-14(12(8-11)9-15(18)19)17-10-13-4-2-3-7-16-13/h2-8,17H,9-10H2,1H3,(H,18,19). The van der Waals surface area contributed by atoms with Crippen molar-refractivity contribution in [2.75, 3.05) is 5.32 Å². The van der Waals surface area contributed by atoms with Gasteiger partial charge in [0.05, 0.1) is 18.7 Å². The van der Waals surface area contributed by atoms with Gasteiger partial charge in [0.1, 0.15) is 0 Å². The highest BCUT2D eigenvalue weighted by atomic mass is 16.4. The Morgan fingerprint density at radius 2 is 2.16 bits per heavy atom. The summed E-state index contributed by atoms with van der Waals surface area (Å²) < 4.78 is 0. The fraction of sp³-hybridized carbons (Fsp3) is 0.200. The fourth-order valence-corrected chi connectivity index (χ4v) is 1.89. The first kappa shape index (κ1) is 13.1. The lowest BCUT2D eigenvalue weighted by molar-refractivity contribution is -0.136. The molecule has 0 unspecified atom stereocenters. The van der Waals surface area contributed by atoms with E-state index in [1.165, 1.54) is 0 Å². The maximum absolute atomic E-state index is 10.9. The highest BCUT2D eigenvalue weighted by Crippen LogP contribution is 2.18. The number of aryl methyl sites for hydroxylation is 1. The third-order valence-electron chi connectivity index (χ3n) is 2.79. The Bertz CT molecular complexity index is 568. The van der Waals surface area contributed by atoms with Crippen molar-refractivity contribution in [1.29, 1.82) is 0 Å². The van der Waals surface area contributed by atoms with Gasteiger partial charge in [0, 0.05) is 11.9 Å². The molecule has 0 saturated heterocycles. The molecular weight excluding hydrogens is 240 g/mol. The van der Waals surface area contributed by atoms with Crippen molar-refractivity contribution in [2.24, 2.45) is 0 Å². The number of rotatable bonds is 5. The molecule has 0 amide bonds. The zero-order valence-electron chi connectivity index (χ0n) is 10.8. The van der Waals surface area contributed by atoms with E-state index in [0.717, 1.165) is 22.5 Å². The zero-order chi connectivity index (χ0) is 13.7. The van der Waals surface area contributed by atoms with Crippen LogP contribution in [0.5, 0.6) is 0 Å². The molecule has 0 saturated carbocycles. The number of anilines is 1. The molecule has 2 aromatic rings. The van der Waals surface area contributed by atoms with Crippen LogP contribution in [0.25, 0.3) is 0 Å². The van der Waals surface area contributed by atoms with Gasteiger partial charge in [0.25, 0.3) is 0 Å². The second-order valence-corrected chi connectivity index (χ2v) is 4.41. The van der Waals surface area contributed by atoms with Crippen molar-refractivity contribution >= 4 is 11.7 Å². The molecule has 2 rings (SSSR count). The van der Waals surface area contributed by atoms with E-state index >= 15 is 0 Å². The third-order valence-corrected chi connectivity index (χ3v) is 2.79. The van der Waals surface area contributed by atoms with Crippen LogP contribution in [0.3, 0.4) is 0 Å². The highest BCUT2D eigenvalue weighted by molar-refractivity contribution is 5.73. The van der Waals surface area contributed by atoms with Gasteiger partial charge in [0.15, 0.2) is 0 Å². The molecule has 0 aliphatic heterocycles. The average Bonchev–Trinajstić information content (AvgIpc) is 2.38. The number of aliphatic carboxylic acids is 1. The third kappa shape index (κ3) is 3.81. The van der Waals surface area contributed by atoms with Gasteiger partial charge in [-0.1, -0.05) is 23.8 Å².